The normalized spacial score (nSPS) is 11.5. The average molecular weight is 707 g/mol. The van der Waals surface area contributed by atoms with E-state index in [1.807, 2.05) is 0 Å². The van der Waals surface area contributed by atoms with Crippen molar-refractivity contribution in [2.45, 2.75) is 135 Å². The molecule has 0 aliphatic heterocycles. The molecule has 0 amide bonds. The summed E-state index contributed by atoms with van der Waals surface area (Å²) in [5, 5.41) is 0. The van der Waals surface area contributed by atoms with Gasteiger partial charge in [-0.1, -0.05) is 96.6 Å². The Morgan fingerprint density at radius 2 is 0.617 bits per heavy atom. The van der Waals surface area contributed by atoms with Crippen LogP contribution in [0.25, 0.3) is 0 Å². The van der Waals surface area contributed by atoms with Crippen molar-refractivity contribution >= 4 is 29.5 Å². The number of ether oxygens (including phenoxy) is 2. The van der Waals surface area contributed by atoms with Crippen LogP contribution in [0.15, 0.2) is 24.3 Å². The first kappa shape index (κ1) is 47.7. The molecule has 0 aromatic rings. The Morgan fingerprint density at radius 1 is 0.404 bits per heavy atom. The molecule has 0 heterocycles. The van der Waals surface area contributed by atoms with Crippen LogP contribution in [0.2, 0.25) is 12.1 Å². The third-order valence-electron chi connectivity index (χ3n) is 8.03. The van der Waals surface area contributed by atoms with Gasteiger partial charge in [-0.2, -0.15) is 0 Å². The van der Waals surface area contributed by atoms with Crippen molar-refractivity contribution in [1.82, 2.24) is 0 Å². The standard InChI is InChI=1S/C18H36O5Si.C17H34O5Si/c1-17(2)18(19)23-15-13-11-9-7-6-8-10-12-14-16-24(20-3,21-4)22-5;1-16(2)17(18)22-14-12-10-8-6-7-9-11-13-15-23(19-3,20-4)21-5/h1,6-16H2,2-5H3;1,6-15H2,2-5H3. The summed E-state index contributed by atoms with van der Waals surface area (Å²) >= 11 is 0. The first-order valence-electron chi connectivity index (χ1n) is 17.5. The number of hydrogen-bond acceptors (Lipinski definition) is 10. The lowest BCUT2D eigenvalue weighted by atomic mass is 10.1. The summed E-state index contributed by atoms with van der Waals surface area (Å²) in [5.41, 5.74) is 0.934. The Morgan fingerprint density at radius 3 is 0.830 bits per heavy atom. The zero-order chi connectivity index (χ0) is 35.8. The molecule has 0 aliphatic rings. The molecule has 278 valence electrons. The van der Waals surface area contributed by atoms with E-state index < -0.39 is 17.6 Å². The van der Waals surface area contributed by atoms with E-state index >= 15 is 0 Å². The smallest absolute Gasteiger partial charge is 0.462 e. The molecule has 47 heavy (non-hydrogen) atoms. The van der Waals surface area contributed by atoms with Crippen LogP contribution in [0.1, 0.15) is 123 Å². The second kappa shape index (κ2) is 31.9. The number of rotatable bonds is 31. The molecule has 0 rings (SSSR count). The summed E-state index contributed by atoms with van der Waals surface area (Å²) in [4.78, 5) is 22.3. The maximum Gasteiger partial charge on any atom is 0.500 e. The van der Waals surface area contributed by atoms with Crippen LogP contribution >= 0.6 is 0 Å². The predicted molar refractivity (Wildman–Crippen MR) is 193 cm³/mol. The fourth-order valence-corrected chi connectivity index (χ4v) is 8.46. The molecule has 0 saturated carbocycles. The lowest BCUT2D eigenvalue weighted by Gasteiger charge is -2.24. The van der Waals surface area contributed by atoms with Crippen LogP contribution in [0.5, 0.6) is 0 Å². The van der Waals surface area contributed by atoms with Crippen molar-refractivity contribution in [2.24, 2.45) is 0 Å². The monoisotopic (exact) mass is 706 g/mol. The van der Waals surface area contributed by atoms with Crippen molar-refractivity contribution in [3.63, 3.8) is 0 Å². The number of carbonyl (C=O) groups excluding carboxylic acids is 2. The van der Waals surface area contributed by atoms with Gasteiger partial charge in [0.25, 0.3) is 0 Å². The number of unbranched alkanes of at least 4 members (excludes halogenated alkanes) is 15. The predicted octanol–water partition coefficient (Wildman–Crippen LogP) is 8.60. The SMILES string of the molecule is C=C(C)C(=O)OCCCCCCCCCCC[Si](OC)(OC)OC.C=C(C)C(=O)OCCCCCCCCCC[Si](OC)(OC)OC. The molecule has 0 atom stereocenters. The summed E-state index contributed by atoms with van der Waals surface area (Å²) in [6.07, 6.45) is 19.8. The van der Waals surface area contributed by atoms with Gasteiger partial charge in [-0.25, -0.2) is 9.59 Å². The molecule has 0 aromatic carbocycles. The van der Waals surface area contributed by atoms with Gasteiger partial charge < -0.3 is 36.0 Å². The molecule has 10 nitrogen and oxygen atoms in total. The van der Waals surface area contributed by atoms with E-state index in [9.17, 15) is 9.59 Å². The highest BCUT2D eigenvalue weighted by atomic mass is 28.4. The first-order chi connectivity index (χ1) is 22.5. The highest BCUT2D eigenvalue weighted by molar-refractivity contribution is 6.60. The fourth-order valence-electron chi connectivity index (χ4n) is 4.87. The van der Waals surface area contributed by atoms with Gasteiger partial charge in [-0.05, 0) is 39.5 Å². The lowest BCUT2D eigenvalue weighted by Crippen LogP contribution is -2.42. The third-order valence-corrected chi connectivity index (χ3v) is 13.7. The molecular weight excluding hydrogens is 637 g/mol. The van der Waals surface area contributed by atoms with Crippen LogP contribution in [-0.4, -0.2) is 85.4 Å². The van der Waals surface area contributed by atoms with Crippen LogP contribution in [-0.2, 0) is 45.6 Å². The molecule has 12 heteroatoms. The zero-order valence-corrected chi connectivity index (χ0v) is 33.3. The Hall–Kier alpha value is -1.39. The molecule has 0 aromatic heterocycles. The van der Waals surface area contributed by atoms with Gasteiger partial charge in [0, 0.05) is 65.9 Å². The van der Waals surface area contributed by atoms with Crippen molar-refractivity contribution < 1.29 is 45.6 Å². The van der Waals surface area contributed by atoms with Crippen molar-refractivity contribution in [3.8, 4) is 0 Å². The van der Waals surface area contributed by atoms with Crippen LogP contribution in [0.3, 0.4) is 0 Å². The van der Waals surface area contributed by atoms with Gasteiger partial charge in [0.2, 0.25) is 0 Å². The van der Waals surface area contributed by atoms with Gasteiger partial charge in [-0.15, -0.1) is 0 Å². The highest BCUT2D eigenvalue weighted by Crippen LogP contribution is 2.20. The zero-order valence-electron chi connectivity index (χ0n) is 31.3. The molecular formula is C35H70O10Si2. The molecule has 0 spiro atoms. The Labute approximate surface area is 290 Å². The van der Waals surface area contributed by atoms with Crippen molar-refractivity contribution in [1.29, 1.82) is 0 Å². The average Bonchev–Trinajstić information content (AvgIpc) is 3.08. The second-order valence-electron chi connectivity index (χ2n) is 11.9. The quantitative estimate of drug-likeness (QED) is 0.0301. The van der Waals surface area contributed by atoms with Crippen LogP contribution < -0.4 is 0 Å². The number of hydrogen-bond donors (Lipinski definition) is 0. The lowest BCUT2D eigenvalue weighted by molar-refractivity contribution is -0.139. The molecule has 0 bridgehead atoms. The molecule has 0 fully saturated rings. The highest BCUT2D eigenvalue weighted by Gasteiger charge is 2.37. The van der Waals surface area contributed by atoms with E-state index in [0.29, 0.717) is 24.4 Å². The van der Waals surface area contributed by atoms with Crippen molar-refractivity contribution in [3.05, 3.63) is 24.3 Å². The second-order valence-corrected chi connectivity index (χ2v) is 18.1. The molecule has 0 saturated heterocycles. The van der Waals surface area contributed by atoms with E-state index in [-0.39, 0.29) is 11.9 Å². The molecule has 0 N–H and O–H groups in total. The van der Waals surface area contributed by atoms with E-state index in [1.165, 1.54) is 70.6 Å². The van der Waals surface area contributed by atoms with E-state index in [2.05, 4.69) is 13.2 Å². The Kier molecular flexibility index (Phi) is 32.3. The maximum absolute atomic E-state index is 11.2. The summed E-state index contributed by atoms with van der Waals surface area (Å²) < 4.78 is 42.6. The molecule has 0 radical (unpaired) electrons. The minimum atomic E-state index is -2.37. The maximum atomic E-state index is 11.2. The van der Waals surface area contributed by atoms with E-state index in [4.69, 9.17) is 36.0 Å². The Bertz CT molecular complexity index is 785. The van der Waals surface area contributed by atoms with Gasteiger partial charge in [0.1, 0.15) is 0 Å². The minimum absolute atomic E-state index is 0.280. The van der Waals surface area contributed by atoms with Crippen LogP contribution in [0.4, 0.5) is 0 Å². The van der Waals surface area contributed by atoms with Gasteiger partial charge in [0.15, 0.2) is 0 Å². The fraction of sp³-hybridized carbons (Fsp3) is 0.829. The number of esters is 2. The summed E-state index contributed by atoms with van der Waals surface area (Å²) in [6.45, 7) is 11.5. The third kappa shape index (κ3) is 26.2. The summed E-state index contributed by atoms with van der Waals surface area (Å²) in [6, 6.07) is 1.77. The van der Waals surface area contributed by atoms with Gasteiger partial charge in [0.05, 0.1) is 13.2 Å². The summed E-state index contributed by atoms with van der Waals surface area (Å²) in [7, 11) is 5.23. The van der Waals surface area contributed by atoms with Crippen LogP contribution in [0, 0.1) is 0 Å². The number of carbonyl (C=O) groups is 2. The first-order valence-corrected chi connectivity index (χ1v) is 21.3. The van der Waals surface area contributed by atoms with Gasteiger partial charge in [-0.3, -0.25) is 0 Å². The molecule has 0 aliphatic carbocycles. The topological polar surface area (TPSA) is 108 Å². The largest absolute Gasteiger partial charge is 0.500 e. The van der Waals surface area contributed by atoms with Crippen molar-refractivity contribution in [2.75, 3.05) is 55.9 Å². The van der Waals surface area contributed by atoms with E-state index in [1.54, 1.807) is 56.5 Å². The van der Waals surface area contributed by atoms with E-state index in [0.717, 1.165) is 50.6 Å². The summed E-state index contributed by atoms with van der Waals surface area (Å²) in [5.74, 6) is -0.565. The van der Waals surface area contributed by atoms with Gasteiger partial charge >= 0.3 is 29.5 Å². The molecule has 0 unspecified atom stereocenters. The Balaban J connectivity index is 0. The minimum Gasteiger partial charge on any atom is -0.462 e.